The lowest BCUT2D eigenvalue weighted by Crippen LogP contribution is -2.26. The Kier molecular flexibility index (Phi) is 4.57. The molecule has 1 fully saturated rings. The van der Waals surface area contributed by atoms with Crippen molar-refractivity contribution >= 4 is 5.65 Å². The molecule has 0 amide bonds. The Morgan fingerprint density at radius 1 is 1.24 bits per heavy atom. The summed E-state index contributed by atoms with van der Waals surface area (Å²) in [4.78, 5) is 9.20. The molecule has 1 aliphatic rings. The number of fused-ring (bicyclic) bond motifs is 1. The van der Waals surface area contributed by atoms with Gasteiger partial charge in [0.2, 0.25) is 0 Å². The molecular formula is C20H26N4O. The zero-order chi connectivity index (χ0) is 17.2. The molecule has 3 aromatic rings. The van der Waals surface area contributed by atoms with E-state index in [1.165, 1.54) is 31.4 Å². The summed E-state index contributed by atoms with van der Waals surface area (Å²) < 4.78 is 7.63. The lowest BCUT2D eigenvalue weighted by atomic mass is 9.81. The van der Waals surface area contributed by atoms with E-state index in [2.05, 4.69) is 38.7 Å². The van der Waals surface area contributed by atoms with Crippen LogP contribution in [-0.4, -0.2) is 20.9 Å². The first-order valence-corrected chi connectivity index (χ1v) is 9.25. The molecule has 132 valence electrons. The molecule has 4 rings (SSSR count). The van der Waals surface area contributed by atoms with Gasteiger partial charge in [0.1, 0.15) is 12.1 Å². The van der Waals surface area contributed by atoms with Gasteiger partial charge in [-0.2, -0.15) is 0 Å². The summed E-state index contributed by atoms with van der Waals surface area (Å²) in [6.07, 6.45) is 8.65. The number of aromatic nitrogens is 3. The van der Waals surface area contributed by atoms with Crippen molar-refractivity contribution in [3.63, 3.8) is 0 Å². The molecule has 25 heavy (non-hydrogen) atoms. The fourth-order valence-electron chi connectivity index (χ4n) is 4.02. The van der Waals surface area contributed by atoms with Crippen LogP contribution in [0.1, 0.15) is 54.4 Å². The quantitative estimate of drug-likeness (QED) is 0.764. The van der Waals surface area contributed by atoms with E-state index in [0.717, 1.165) is 41.8 Å². The Labute approximate surface area is 148 Å². The number of rotatable bonds is 5. The van der Waals surface area contributed by atoms with Crippen LogP contribution in [0, 0.1) is 19.8 Å². The van der Waals surface area contributed by atoms with Gasteiger partial charge in [0.05, 0.1) is 12.0 Å². The van der Waals surface area contributed by atoms with E-state index in [1.54, 1.807) is 6.26 Å². The normalized spacial score (nSPS) is 21.0. The van der Waals surface area contributed by atoms with Crippen LogP contribution in [0.5, 0.6) is 0 Å². The van der Waals surface area contributed by atoms with Crippen LogP contribution in [0.25, 0.3) is 5.65 Å². The first-order chi connectivity index (χ1) is 12.2. The molecule has 0 unspecified atom stereocenters. The number of nitrogens with zero attached hydrogens (tertiary/aromatic N) is 3. The van der Waals surface area contributed by atoms with Crippen molar-refractivity contribution in [1.29, 1.82) is 0 Å². The minimum Gasteiger partial charge on any atom is -0.469 e. The van der Waals surface area contributed by atoms with Gasteiger partial charge in [0, 0.05) is 23.9 Å². The molecule has 0 saturated heterocycles. The molecule has 1 aliphatic carbocycles. The summed E-state index contributed by atoms with van der Waals surface area (Å²) in [6.45, 7) is 5.96. The van der Waals surface area contributed by atoms with Gasteiger partial charge in [-0.05, 0) is 70.2 Å². The summed E-state index contributed by atoms with van der Waals surface area (Å²) in [5, 5.41) is 3.60. The molecule has 0 bridgehead atoms. The highest BCUT2D eigenvalue weighted by Gasteiger charge is 2.23. The highest BCUT2D eigenvalue weighted by atomic mass is 16.3. The zero-order valence-electron chi connectivity index (χ0n) is 15.0. The SMILES string of the molecule is Cc1cc(C)n2cnc(CNCC3CCC(c4ccco4)CC3)c2n1. The Bertz CT molecular complexity index is 829. The molecule has 5 nitrogen and oxygen atoms in total. The Morgan fingerprint density at radius 3 is 2.84 bits per heavy atom. The fourth-order valence-corrected chi connectivity index (χ4v) is 4.02. The Balaban J connectivity index is 1.30. The van der Waals surface area contributed by atoms with Gasteiger partial charge in [-0.3, -0.25) is 4.40 Å². The zero-order valence-corrected chi connectivity index (χ0v) is 15.0. The van der Waals surface area contributed by atoms with E-state index < -0.39 is 0 Å². The van der Waals surface area contributed by atoms with Crippen molar-refractivity contribution in [3.05, 3.63) is 53.6 Å². The van der Waals surface area contributed by atoms with Crippen molar-refractivity contribution in [2.24, 2.45) is 5.92 Å². The number of nitrogens with one attached hydrogen (secondary N) is 1. The summed E-state index contributed by atoms with van der Waals surface area (Å²) in [7, 11) is 0. The lowest BCUT2D eigenvalue weighted by Gasteiger charge is -2.27. The molecule has 3 aromatic heterocycles. The number of furan rings is 1. The third-order valence-corrected chi connectivity index (χ3v) is 5.41. The van der Waals surface area contributed by atoms with Gasteiger partial charge in [-0.15, -0.1) is 0 Å². The molecule has 3 heterocycles. The van der Waals surface area contributed by atoms with Crippen LogP contribution < -0.4 is 5.32 Å². The third kappa shape index (κ3) is 3.47. The molecule has 1 saturated carbocycles. The molecule has 0 aliphatic heterocycles. The van der Waals surface area contributed by atoms with Gasteiger partial charge >= 0.3 is 0 Å². The highest BCUT2D eigenvalue weighted by Crippen LogP contribution is 2.35. The van der Waals surface area contributed by atoms with Crippen LogP contribution in [0.15, 0.2) is 35.2 Å². The maximum absolute atomic E-state index is 5.57. The highest BCUT2D eigenvalue weighted by molar-refractivity contribution is 5.46. The second kappa shape index (κ2) is 7.00. The monoisotopic (exact) mass is 338 g/mol. The second-order valence-electron chi connectivity index (χ2n) is 7.29. The van der Waals surface area contributed by atoms with Gasteiger partial charge in [0.25, 0.3) is 0 Å². The van der Waals surface area contributed by atoms with E-state index in [4.69, 9.17) is 4.42 Å². The van der Waals surface area contributed by atoms with E-state index in [9.17, 15) is 0 Å². The van der Waals surface area contributed by atoms with Crippen molar-refractivity contribution in [1.82, 2.24) is 19.7 Å². The average Bonchev–Trinajstić information content (AvgIpc) is 3.26. The van der Waals surface area contributed by atoms with E-state index in [0.29, 0.717) is 5.92 Å². The van der Waals surface area contributed by atoms with Crippen LogP contribution in [0.2, 0.25) is 0 Å². The first-order valence-electron chi connectivity index (χ1n) is 9.25. The summed E-state index contributed by atoms with van der Waals surface area (Å²) in [5.74, 6) is 2.52. The Morgan fingerprint density at radius 2 is 2.08 bits per heavy atom. The van der Waals surface area contributed by atoms with Gasteiger partial charge in [0.15, 0.2) is 5.65 Å². The van der Waals surface area contributed by atoms with Crippen LogP contribution in [0.4, 0.5) is 0 Å². The maximum atomic E-state index is 5.57. The average molecular weight is 338 g/mol. The number of aryl methyl sites for hydroxylation is 2. The minimum atomic E-state index is 0.610. The van der Waals surface area contributed by atoms with E-state index in [1.807, 2.05) is 19.3 Å². The summed E-state index contributed by atoms with van der Waals surface area (Å²) in [6, 6.07) is 6.20. The second-order valence-corrected chi connectivity index (χ2v) is 7.29. The molecule has 0 atom stereocenters. The molecular weight excluding hydrogens is 312 g/mol. The summed E-state index contributed by atoms with van der Waals surface area (Å²) in [5.41, 5.74) is 4.24. The molecule has 5 heteroatoms. The molecule has 0 radical (unpaired) electrons. The van der Waals surface area contributed by atoms with Crippen LogP contribution in [0.3, 0.4) is 0 Å². The smallest absolute Gasteiger partial charge is 0.161 e. The minimum absolute atomic E-state index is 0.610. The fraction of sp³-hybridized carbons (Fsp3) is 0.500. The van der Waals surface area contributed by atoms with Crippen molar-refractivity contribution < 1.29 is 4.42 Å². The number of imidazole rings is 1. The predicted octanol–water partition coefficient (Wildman–Crippen LogP) is 4.00. The molecule has 0 spiro atoms. The summed E-state index contributed by atoms with van der Waals surface area (Å²) >= 11 is 0. The van der Waals surface area contributed by atoms with Gasteiger partial charge in [-0.25, -0.2) is 9.97 Å². The van der Waals surface area contributed by atoms with Crippen molar-refractivity contribution in [2.75, 3.05) is 6.54 Å². The number of hydrogen-bond acceptors (Lipinski definition) is 4. The lowest BCUT2D eigenvalue weighted by molar-refractivity contribution is 0.290. The van der Waals surface area contributed by atoms with Crippen LogP contribution in [-0.2, 0) is 6.54 Å². The van der Waals surface area contributed by atoms with Gasteiger partial charge in [-0.1, -0.05) is 0 Å². The predicted molar refractivity (Wildman–Crippen MR) is 97.6 cm³/mol. The molecule has 0 aromatic carbocycles. The largest absolute Gasteiger partial charge is 0.469 e. The number of hydrogen-bond donors (Lipinski definition) is 1. The Hall–Kier alpha value is -2.14. The van der Waals surface area contributed by atoms with Crippen LogP contribution >= 0.6 is 0 Å². The van der Waals surface area contributed by atoms with Gasteiger partial charge < -0.3 is 9.73 Å². The van der Waals surface area contributed by atoms with Crippen molar-refractivity contribution in [3.8, 4) is 0 Å². The maximum Gasteiger partial charge on any atom is 0.161 e. The topological polar surface area (TPSA) is 55.4 Å². The third-order valence-electron chi connectivity index (χ3n) is 5.41. The molecule has 1 N–H and O–H groups in total. The van der Waals surface area contributed by atoms with E-state index in [-0.39, 0.29) is 0 Å². The first kappa shape index (κ1) is 16.3. The van der Waals surface area contributed by atoms with E-state index >= 15 is 0 Å². The standard InChI is InChI=1S/C20H26N4O/c1-14-10-15(2)24-13-22-18(20(24)23-14)12-21-11-16-5-7-17(8-6-16)19-4-3-9-25-19/h3-4,9-10,13,16-17,21H,5-8,11-12H2,1-2H3. The van der Waals surface area contributed by atoms with Crippen molar-refractivity contribution in [2.45, 2.75) is 52.0 Å².